The fourth-order valence-corrected chi connectivity index (χ4v) is 1.71. The normalized spacial score (nSPS) is 11.8. The highest BCUT2D eigenvalue weighted by Crippen LogP contribution is 2.27. The summed E-state index contributed by atoms with van der Waals surface area (Å²) in [6.07, 6.45) is 0. The fourth-order valence-electron chi connectivity index (χ4n) is 1.71. The van der Waals surface area contributed by atoms with E-state index in [0.717, 1.165) is 0 Å². The Labute approximate surface area is 105 Å². The molecule has 0 saturated heterocycles. The first kappa shape index (κ1) is 12.0. The van der Waals surface area contributed by atoms with E-state index in [4.69, 9.17) is 5.73 Å². The summed E-state index contributed by atoms with van der Waals surface area (Å²) in [5, 5.41) is 0. The van der Waals surface area contributed by atoms with Gasteiger partial charge >= 0.3 is 0 Å². The number of hydrogen-bond acceptors (Lipinski definition) is 1. The van der Waals surface area contributed by atoms with Gasteiger partial charge < -0.3 is 5.73 Å². The topological polar surface area (TPSA) is 43.1 Å². The number of amides is 1. The molecule has 2 aromatic rings. The predicted molar refractivity (Wildman–Crippen MR) is 70.0 cm³/mol. The minimum absolute atomic E-state index is 0.0956. The van der Waals surface area contributed by atoms with Gasteiger partial charge in [0.15, 0.2) is 0 Å². The summed E-state index contributed by atoms with van der Waals surface area (Å²) in [4.78, 5) is 11.4. The minimum atomic E-state index is -0.775. The van der Waals surface area contributed by atoms with Crippen molar-refractivity contribution in [3.63, 3.8) is 0 Å². The SMILES string of the molecule is NC(=O)C(=C(F)c1ccccc1)c1ccccc1. The molecule has 2 rings (SSSR count). The molecule has 2 aromatic carbocycles. The molecular weight excluding hydrogens is 229 g/mol. The molecule has 0 unspecified atom stereocenters. The van der Waals surface area contributed by atoms with Crippen molar-refractivity contribution >= 4 is 17.3 Å². The van der Waals surface area contributed by atoms with Crippen molar-refractivity contribution in [3.8, 4) is 0 Å². The Balaban J connectivity index is 2.58. The van der Waals surface area contributed by atoms with Gasteiger partial charge in [-0.05, 0) is 5.56 Å². The molecule has 0 aliphatic rings. The van der Waals surface area contributed by atoms with E-state index in [2.05, 4.69) is 0 Å². The first-order valence-electron chi connectivity index (χ1n) is 5.50. The van der Waals surface area contributed by atoms with Gasteiger partial charge in [-0.2, -0.15) is 0 Å². The largest absolute Gasteiger partial charge is 0.365 e. The Kier molecular flexibility index (Phi) is 3.53. The molecular formula is C15H12FNO. The zero-order chi connectivity index (χ0) is 13.0. The third-order valence-electron chi connectivity index (χ3n) is 2.56. The van der Waals surface area contributed by atoms with Crippen LogP contribution in [0, 0.1) is 0 Å². The van der Waals surface area contributed by atoms with Crippen LogP contribution < -0.4 is 5.73 Å². The number of carbonyl (C=O) groups excluding carboxylic acids is 1. The molecule has 0 spiro atoms. The van der Waals surface area contributed by atoms with Gasteiger partial charge in [0.05, 0.1) is 5.57 Å². The second kappa shape index (κ2) is 5.27. The molecule has 0 aromatic heterocycles. The molecule has 0 radical (unpaired) electrons. The van der Waals surface area contributed by atoms with E-state index in [1.807, 2.05) is 0 Å². The number of nitrogens with two attached hydrogens (primary N) is 1. The molecule has 18 heavy (non-hydrogen) atoms. The average molecular weight is 241 g/mol. The first-order chi connectivity index (χ1) is 8.70. The minimum Gasteiger partial charge on any atom is -0.365 e. The smallest absolute Gasteiger partial charge is 0.252 e. The summed E-state index contributed by atoms with van der Waals surface area (Å²) in [6, 6.07) is 17.0. The van der Waals surface area contributed by atoms with Crippen molar-refractivity contribution in [2.24, 2.45) is 5.73 Å². The maximum absolute atomic E-state index is 14.3. The van der Waals surface area contributed by atoms with E-state index in [1.165, 1.54) is 0 Å². The molecule has 1 amide bonds. The predicted octanol–water partition coefficient (Wildman–Crippen LogP) is 3.01. The van der Waals surface area contributed by atoms with Gasteiger partial charge in [-0.1, -0.05) is 60.7 Å². The van der Waals surface area contributed by atoms with E-state index in [1.54, 1.807) is 60.7 Å². The summed E-state index contributed by atoms with van der Waals surface area (Å²) in [5.41, 5.74) is 6.00. The van der Waals surface area contributed by atoms with E-state index in [-0.39, 0.29) is 5.57 Å². The van der Waals surface area contributed by atoms with Crippen LogP contribution in [0.25, 0.3) is 11.4 Å². The average Bonchev–Trinajstić information content (AvgIpc) is 2.40. The molecule has 0 aliphatic carbocycles. The standard InChI is InChI=1S/C15H12FNO/c16-14(12-9-5-2-6-10-12)13(15(17)18)11-7-3-1-4-8-11/h1-10H,(H2,17,18). The summed E-state index contributed by atoms with van der Waals surface area (Å²) < 4.78 is 14.3. The number of benzene rings is 2. The van der Waals surface area contributed by atoms with Crippen molar-refractivity contribution in [2.75, 3.05) is 0 Å². The number of hydrogen-bond donors (Lipinski definition) is 1. The van der Waals surface area contributed by atoms with Gasteiger partial charge in [-0.25, -0.2) is 4.39 Å². The van der Waals surface area contributed by atoms with Crippen molar-refractivity contribution in [1.29, 1.82) is 0 Å². The summed E-state index contributed by atoms with van der Waals surface area (Å²) in [6.45, 7) is 0. The van der Waals surface area contributed by atoms with Gasteiger partial charge in [0.1, 0.15) is 5.83 Å². The Hall–Kier alpha value is -2.42. The van der Waals surface area contributed by atoms with E-state index in [0.29, 0.717) is 11.1 Å². The Morgan fingerprint density at radius 2 is 1.28 bits per heavy atom. The molecule has 0 heterocycles. The van der Waals surface area contributed by atoms with Crippen LogP contribution in [0.5, 0.6) is 0 Å². The van der Waals surface area contributed by atoms with Gasteiger partial charge in [-0.3, -0.25) is 4.79 Å². The zero-order valence-electron chi connectivity index (χ0n) is 9.64. The fraction of sp³-hybridized carbons (Fsp3) is 0. The highest BCUT2D eigenvalue weighted by Gasteiger charge is 2.16. The maximum Gasteiger partial charge on any atom is 0.252 e. The lowest BCUT2D eigenvalue weighted by Crippen LogP contribution is -2.14. The molecule has 90 valence electrons. The highest BCUT2D eigenvalue weighted by molar-refractivity contribution is 6.25. The van der Waals surface area contributed by atoms with Crippen molar-refractivity contribution in [3.05, 3.63) is 71.8 Å². The molecule has 0 aliphatic heterocycles. The molecule has 0 saturated carbocycles. The maximum atomic E-state index is 14.3. The van der Waals surface area contributed by atoms with E-state index < -0.39 is 11.7 Å². The Bertz CT molecular complexity index is 576. The lowest BCUT2D eigenvalue weighted by molar-refractivity contribution is -0.112. The van der Waals surface area contributed by atoms with Crippen LogP contribution in [0.1, 0.15) is 11.1 Å². The van der Waals surface area contributed by atoms with Gasteiger partial charge in [0.2, 0.25) is 0 Å². The van der Waals surface area contributed by atoms with Crippen LogP contribution in [0.15, 0.2) is 60.7 Å². The van der Waals surface area contributed by atoms with Gasteiger partial charge in [0, 0.05) is 5.56 Å². The molecule has 2 nitrogen and oxygen atoms in total. The quantitative estimate of drug-likeness (QED) is 0.651. The van der Waals surface area contributed by atoms with Crippen molar-refractivity contribution < 1.29 is 9.18 Å². The monoisotopic (exact) mass is 241 g/mol. The van der Waals surface area contributed by atoms with Crippen LogP contribution in [0.3, 0.4) is 0 Å². The Morgan fingerprint density at radius 3 is 1.72 bits per heavy atom. The lowest BCUT2D eigenvalue weighted by atomic mass is 10.0. The van der Waals surface area contributed by atoms with Crippen LogP contribution in [0.2, 0.25) is 0 Å². The molecule has 0 bridgehead atoms. The third-order valence-corrected chi connectivity index (χ3v) is 2.56. The first-order valence-corrected chi connectivity index (χ1v) is 5.50. The second-order valence-corrected chi connectivity index (χ2v) is 3.79. The number of primary amides is 1. The highest BCUT2D eigenvalue weighted by atomic mass is 19.1. The van der Waals surface area contributed by atoms with E-state index >= 15 is 0 Å². The molecule has 0 fully saturated rings. The van der Waals surface area contributed by atoms with Gasteiger partial charge in [-0.15, -0.1) is 0 Å². The Morgan fingerprint density at radius 1 is 0.833 bits per heavy atom. The third kappa shape index (κ3) is 2.46. The summed E-state index contributed by atoms with van der Waals surface area (Å²) in [7, 11) is 0. The van der Waals surface area contributed by atoms with Crippen LogP contribution in [0.4, 0.5) is 4.39 Å². The van der Waals surface area contributed by atoms with Crippen LogP contribution in [-0.4, -0.2) is 5.91 Å². The second-order valence-electron chi connectivity index (χ2n) is 3.79. The van der Waals surface area contributed by atoms with Crippen LogP contribution >= 0.6 is 0 Å². The molecule has 0 atom stereocenters. The number of rotatable bonds is 3. The summed E-state index contributed by atoms with van der Waals surface area (Å²) in [5.74, 6) is -1.38. The molecule has 3 heteroatoms. The zero-order valence-corrected chi connectivity index (χ0v) is 9.64. The lowest BCUT2D eigenvalue weighted by Gasteiger charge is -2.06. The van der Waals surface area contributed by atoms with Crippen LogP contribution in [-0.2, 0) is 4.79 Å². The van der Waals surface area contributed by atoms with Crippen molar-refractivity contribution in [1.82, 2.24) is 0 Å². The number of halogens is 1. The summed E-state index contributed by atoms with van der Waals surface area (Å²) >= 11 is 0. The van der Waals surface area contributed by atoms with Gasteiger partial charge in [0.25, 0.3) is 5.91 Å². The van der Waals surface area contributed by atoms with E-state index in [9.17, 15) is 9.18 Å². The number of carbonyl (C=O) groups is 1. The molecule has 2 N–H and O–H groups in total. The van der Waals surface area contributed by atoms with Crippen molar-refractivity contribution in [2.45, 2.75) is 0 Å².